The third kappa shape index (κ3) is 4.35. The van der Waals surface area contributed by atoms with Gasteiger partial charge in [0.05, 0.1) is 21.5 Å². The zero-order valence-corrected chi connectivity index (χ0v) is 15.3. The Bertz CT molecular complexity index is 924. The van der Waals surface area contributed by atoms with Gasteiger partial charge in [-0.05, 0) is 37.6 Å². The lowest BCUT2D eigenvalue weighted by Gasteiger charge is -2.07. The van der Waals surface area contributed by atoms with E-state index in [9.17, 15) is 0 Å². The summed E-state index contributed by atoms with van der Waals surface area (Å²) in [6.45, 7) is 3.80. The molecule has 6 heteroatoms. The monoisotopic (exact) mass is 370 g/mol. The van der Waals surface area contributed by atoms with Gasteiger partial charge in [0.1, 0.15) is 0 Å². The smallest absolute Gasteiger partial charge is 0.244 e. The Kier molecular flexibility index (Phi) is 5.31. The van der Waals surface area contributed by atoms with E-state index >= 15 is 0 Å². The molecule has 4 nitrogen and oxygen atoms in total. The number of nitrogens with one attached hydrogen (secondary N) is 1. The molecule has 0 fully saturated rings. The van der Waals surface area contributed by atoms with E-state index in [0.29, 0.717) is 16.0 Å². The van der Waals surface area contributed by atoms with E-state index in [-0.39, 0.29) is 0 Å². The van der Waals surface area contributed by atoms with Gasteiger partial charge in [-0.2, -0.15) is 5.10 Å². The minimum Gasteiger partial charge on any atom is -0.245 e. The number of anilines is 1. The summed E-state index contributed by atoms with van der Waals surface area (Å²) in [4.78, 5) is 8.90. The Labute approximate surface area is 156 Å². The van der Waals surface area contributed by atoms with Crippen LogP contribution in [0.25, 0.3) is 11.3 Å². The van der Waals surface area contributed by atoms with E-state index in [1.165, 1.54) is 0 Å². The predicted molar refractivity (Wildman–Crippen MR) is 105 cm³/mol. The largest absolute Gasteiger partial charge is 0.245 e. The van der Waals surface area contributed by atoms with Gasteiger partial charge in [-0.3, -0.25) is 0 Å². The first kappa shape index (κ1) is 17.4. The molecule has 0 aliphatic heterocycles. The van der Waals surface area contributed by atoms with E-state index < -0.39 is 0 Å². The molecule has 0 saturated heterocycles. The summed E-state index contributed by atoms with van der Waals surface area (Å²) >= 11 is 12.0. The maximum absolute atomic E-state index is 6.05. The highest BCUT2D eigenvalue weighted by molar-refractivity contribution is 6.42. The molecular weight excluding hydrogens is 355 g/mol. The fraction of sp³-hybridized carbons (Fsp3) is 0.105. The Morgan fingerprint density at radius 2 is 1.72 bits per heavy atom. The van der Waals surface area contributed by atoms with Crippen LogP contribution in [0.1, 0.15) is 18.2 Å². The van der Waals surface area contributed by atoms with Crippen molar-refractivity contribution in [1.29, 1.82) is 0 Å². The van der Waals surface area contributed by atoms with Gasteiger partial charge in [-0.15, -0.1) is 0 Å². The molecule has 2 aromatic carbocycles. The summed E-state index contributed by atoms with van der Waals surface area (Å²) < 4.78 is 0. The standard InChI is InChI=1S/C19H16Cl2N4/c1-12-10-18(14-6-4-3-5-7-14)23-19(22-12)25-24-13(2)15-8-9-16(20)17(21)11-15/h3-11H,1-2H3,(H,22,23,25)/b24-13+. The van der Waals surface area contributed by atoms with Gasteiger partial charge in [0.25, 0.3) is 0 Å². The highest BCUT2D eigenvalue weighted by Crippen LogP contribution is 2.23. The van der Waals surface area contributed by atoms with E-state index in [0.717, 1.165) is 28.2 Å². The molecule has 1 heterocycles. The summed E-state index contributed by atoms with van der Waals surface area (Å²) in [5.41, 5.74) is 7.28. The van der Waals surface area contributed by atoms with Crippen LogP contribution in [0.5, 0.6) is 0 Å². The topological polar surface area (TPSA) is 50.2 Å². The average Bonchev–Trinajstić information content (AvgIpc) is 2.62. The maximum Gasteiger partial charge on any atom is 0.244 e. The fourth-order valence-electron chi connectivity index (χ4n) is 2.29. The number of aryl methyl sites for hydroxylation is 1. The number of aromatic nitrogens is 2. The lowest BCUT2D eigenvalue weighted by atomic mass is 10.1. The van der Waals surface area contributed by atoms with E-state index in [4.69, 9.17) is 23.2 Å². The van der Waals surface area contributed by atoms with E-state index in [1.807, 2.05) is 56.3 Å². The van der Waals surface area contributed by atoms with Crippen molar-refractivity contribution in [1.82, 2.24) is 9.97 Å². The third-order valence-corrected chi connectivity index (χ3v) is 4.32. The van der Waals surface area contributed by atoms with Crippen molar-refractivity contribution in [3.8, 4) is 11.3 Å². The Morgan fingerprint density at radius 1 is 0.960 bits per heavy atom. The quantitative estimate of drug-likeness (QED) is 0.480. The van der Waals surface area contributed by atoms with Crippen LogP contribution in [-0.2, 0) is 0 Å². The SMILES string of the molecule is C/C(=N\Nc1nc(C)cc(-c2ccccc2)n1)c1ccc(Cl)c(Cl)c1. The fourth-order valence-corrected chi connectivity index (χ4v) is 2.59. The highest BCUT2D eigenvalue weighted by Gasteiger charge is 2.05. The van der Waals surface area contributed by atoms with Gasteiger partial charge >= 0.3 is 0 Å². The molecule has 0 aliphatic rings. The summed E-state index contributed by atoms with van der Waals surface area (Å²) in [5, 5.41) is 5.36. The molecule has 3 aromatic rings. The van der Waals surface area contributed by atoms with Crippen molar-refractivity contribution in [2.45, 2.75) is 13.8 Å². The first-order valence-corrected chi connectivity index (χ1v) is 8.45. The average molecular weight is 371 g/mol. The number of rotatable bonds is 4. The second kappa shape index (κ2) is 7.64. The maximum atomic E-state index is 6.05. The first-order valence-electron chi connectivity index (χ1n) is 7.70. The van der Waals surface area contributed by atoms with Gasteiger partial charge in [0, 0.05) is 11.3 Å². The molecular formula is C19H16Cl2N4. The van der Waals surface area contributed by atoms with Crippen molar-refractivity contribution in [2.24, 2.45) is 5.10 Å². The van der Waals surface area contributed by atoms with Crippen molar-refractivity contribution < 1.29 is 0 Å². The van der Waals surface area contributed by atoms with Crippen molar-refractivity contribution >= 4 is 34.9 Å². The lowest BCUT2D eigenvalue weighted by molar-refractivity contribution is 1.07. The minimum absolute atomic E-state index is 0.443. The number of halogens is 2. The number of benzene rings is 2. The molecule has 0 radical (unpaired) electrons. The van der Waals surface area contributed by atoms with Gasteiger partial charge in [0.2, 0.25) is 5.95 Å². The molecule has 0 saturated carbocycles. The Hall–Kier alpha value is -2.43. The van der Waals surface area contributed by atoms with Crippen LogP contribution in [0.4, 0.5) is 5.95 Å². The zero-order chi connectivity index (χ0) is 17.8. The zero-order valence-electron chi connectivity index (χ0n) is 13.8. The lowest BCUT2D eigenvalue weighted by Crippen LogP contribution is -2.04. The number of hydrazone groups is 1. The van der Waals surface area contributed by atoms with Crippen LogP contribution in [-0.4, -0.2) is 15.7 Å². The summed E-state index contributed by atoms with van der Waals surface area (Å²) in [7, 11) is 0. The van der Waals surface area contributed by atoms with Crippen LogP contribution >= 0.6 is 23.2 Å². The third-order valence-electron chi connectivity index (χ3n) is 3.58. The van der Waals surface area contributed by atoms with E-state index in [1.54, 1.807) is 12.1 Å². The van der Waals surface area contributed by atoms with Crippen LogP contribution in [0, 0.1) is 6.92 Å². The van der Waals surface area contributed by atoms with Gasteiger partial charge in [0.15, 0.2) is 0 Å². The second-order valence-corrected chi connectivity index (χ2v) is 6.34. The Balaban J connectivity index is 1.85. The molecule has 0 atom stereocenters. The van der Waals surface area contributed by atoms with Crippen LogP contribution in [0.3, 0.4) is 0 Å². The molecule has 25 heavy (non-hydrogen) atoms. The number of hydrogen-bond donors (Lipinski definition) is 1. The van der Waals surface area contributed by atoms with Crippen LogP contribution in [0.15, 0.2) is 59.7 Å². The normalized spacial score (nSPS) is 11.4. The van der Waals surface area contributed by atoms with Crippen molar-refractivity contribution in [3.05, 3.63) is 75.9 Å². The van der Waals surface area contributed by atoms with Crippen LogP contribution in [0.2, 0.25) is 10.0 Å². The molecule has 1 aromatic heterocycles. The van der Waals surface area contributed by atoms with Gasteiger partial charge in [-0.1, -0.05) is 59.6 Å². The molecule has 0 bridgehead atoms. The van der Waals surface area contributed by atoms with Crippen molar-refractivity contribution in [2.75, 3.05) is 5.43 Å². The predicted octanol–water partition coefficient (Wildman–Crippen LogP) is 5.59. The molecule has 0 spiro atoms. The Morgan fingerprint density at radius 3 is 2.44 bits per heavy atom. The number of nitrogens with zero attached hydrogens (tertiary/aromatic N) is 3. The van der Waals surface area contributed by atoms with Crippen LogP contribution < -0.4 is 5.43 Å². The first-order chi connectivity index (χ1) is 12.0. The van der Waals surface area contributed by atoms with E-state index in [2.05, 4.69) is 20.5 Å². The molecule has 126 valence electrons. The molecule has 0 unspecified atom stereocenters. The molecule has 1 N–H and O–H groups in total. The summed E-state index contributed by atoms with van der Waals surface area (Å²) in [6, 6.07) is 17.3. The second-order valence-electron chi connectivity index (χ2n) is 5.52. The summed E-state index contributed by atoms with van der Waals surface area (Å²) in [6.07, 6.45) is 0. The number of hydrogen-bond acceptors (Lipinski definition) is 4. The molecule has 0 amide bonds. The van der Waals surface area contributed by atoms with Gasteiger partial charge in [-0.25, -0.2) is 15.4 Å². The molecule has 3 rings (SSSR count). The van der Waals surface area contributed by atoms with Gasteiger partial charge < -0.3 is 0 Å². The highest BCUT2D eigenvalue weighted by atomic mass is 35.5. The summed E-state index contributed by atoms with van der Waals surface area (Å²) in [5.74, 6) is 0.443. The van der Waals surface area contributed by atoms with Crippen molar-refractivity contribution in [3.63, 3.8) is 0 Å². The minimum atomic E-state index is 0.443. The molecule has 0 aliphatic carbocycles.